The first-order chi connectivity index (χ1) is 10.8. The topological polar surface area (TPSA) is 74.7 Å². The zero-order valence-electron chi connectivity index (χ0n) is 12.5. The van der Waals surface area contributed by atoms with Crippen LogP contribution in [0.2, 0.25) is 0 Å². The Hall–Kier alpha value is -2.08. The maximum Gasteiger partial charge on any atom is 0.222 e. The summed E-state index contributed by atoms with van der Waals surface area (Å²) in [6, 6.07) is 1.73. The molecular formula is C16H20N4O2. The van der Waals surface area contributed by atoms with Gasteiger partial charge in [0.2, 0.25) is 5.91 Å². The first-order valence-electron chi connectivity index (χ1n) is 7.78. The fourth-order valence-electron chi connectivity index (χ4n) is 2.87. The van der Waals surface area contributed by atoms with E-state index < -0.39 is 0 Å². The van der Waals surface area contributed by atoms with Gasteiger partial charge in [0.15, 0.2) is 5.78 Å². The number of aromatic nitrogens is 1. The van der Waals surface area contributed by atoms with Crippen LogP contribution in [-0.2, 0) is 11.3 Å². The van der Waals surface area contributed by atoms with Gasteiger partial charge in [-0.15, -0.1) is 0 Å². The molecule has 1 aromatic rings. The molecule has 0 aliphatic carbocycles. The van der Waals surface area contributed by atoms with E-state index in [-0.39, 0.29) is 11.7 Å². The molecule has 6 heteroatoms. The highest BCUT2D eigenvalue weighted by atomic mass is 16.2. The molecule has 1 aromatic heterocycles. The van der Waals surface area contributed by atoms with Gasteiger partial charge in [-0.3, -0.25) is 19.6 Å². The Morgan fingerprint density at radius 2 is 2.23 bits per heavy atom. The quantitative estimate of drug-likeness (QED) is 0.807. The predicted molar refractivity (Wildman–Crippen MR) is 83.5 cm³/mol. The highest BCUT2D eigenvalue weighted by Gasteiger charge is 2.19. The molecule has 0 unspecified atom stereocenters. The van der Waals surface area contributed by atoms with Crippen molar-refractivity contribution in [1.82, 2.24) is 15.2 Å². The number of hydrogen-bond donors (Lipinski definition) is 1. The normalized spacial score (nSPS) is 17.2. The highest BCUT2D eigenvalue weighted by Crippen LogP contribution is 2.26. The lowest BCUT2D eigenvalue weighted by Crippen LogP contribution is -2.28. The Bertz CT molecular complexity index is 612. The van der Waals surface area contributed by atoms with E-state index in [0.717, 1.165) is 38.2 Å². The van der Waals surface area contributed by atoms with Crippen molar-refractivity contribution < 1.29 is 9.59 Å². The van der Waals surface area contributed by atoms with Gasteiger partial charge >= 0.3 is 0 Å². The summed E-state index contributed by atoms with van der Waals surface area (Å²) in [7, 11) is 0. The number of aliphatic imine (C=N–C) groups is 1. The van der Waals surface area contributed by atoms with Crippen LogP contribution in [-0.4, -0.2) is 47.4 Å². The van der Waals surface area contributed by atoms with E-state index in [9.17, 15) is 9.59 Å². The average Bonchev–Trinajstić information content (AvgIpc) is 2.93. The Kier molecular flexibility index (Phi) is 4.58. The van der Waals surface area contributed by atoms with Crippen molar-refractivity contribution in [2.75, 3.05) is 19.6 Å². The Balaban J connectivity index is 1.48. The number of ketones is 1. The minimum Gasteiger partial charge on any atom is -0.343 e. The number of rotatable bonds is 6. The monoisotopic (exact) mass is 300 g/mol. The molecule has 0 aromatic carbocycles. The van der Waals surface area contributed by atoms with Crippen LogP contribution < -0.4 is 5.32 Å². The first kappa shape index (κ1) is 14.8. The van der Waals surface area contributed by atoms with Gasteiger partial charge in [-0.2, -0.15) is 0 Å². The number of pyridine rings is 1. The summed E-state index contributed by atoms with van der Waals surface area (Å²) in [4.78, 5) is 33.9. The molecule has 0 spiro atoms. The van der Waals surface area contributed by atoms with Gasteiger partial charge in [-0.25, -0.2) is 0 Å². The van der Waals surface area contributed by atoms with Crippen LogP contribution in [0.3, 0.4) is 0 Å². The molecule has 1 fully saturated rings. The summed E-state index contributed by atoms with van der Waals surface area (Å²) in [5, 5.41) is 3.32. The average molecular weight is 300 g/mol. The number of fused-ring (bicyclic) bond motifs is 1. The fourth-order valence-corrected chi connectivity index (χ4v) is 2.87. The molecule has 116 valence electrons. The lowest BCUT2D eigenvalue weighted by molar-refractivity contribution is -0.127. The number of nitrogens with zero attached hydrogens (tertiary/aromatic N) is 3. The summed E-state index contributed by atoms with van der Waals surface area (Å²) in [6.07, 6.45) is 6.28. The number of hydrogen-bond acceptors (Lipinski definition) is 5. The fraction of sp³-hybridized carbons (Fsp3) is 0.500. The van der Waals surface area contributed by atoms with Crippen LogP contribution >= 0.6 is 0 Å². The molecule has 1 saturated heterocycles. The van der Waals surface area contributed by atoms with Gasteiger partial charge in [0, 0.05) is 50.5 Å². The molecule has 0 atom stereocenters. The number of likely N-dealkylation sites (tertiary alicyclic amines) is 1. The molecule has 6 nitrogen and oxygen atoms in total. The van der Waals surface area contributed by atoms with E-state index in [4.69, 9.17) is 0 Å². The standard InChI is InChI=1S/C16H20N4O2/c21-14-5-8-19-16-12(14)4-7-18-13(16)11-17-6-2-10-20-9-1-3-15(20)22/h4,7-8,17H,1-3,5-6,9-11H2. The van der Waals surface area contributed by atoms with Gasteiger partial charge in [0.1, 0.15) is 0 Å². The summed E-state index contributed by atoms with van der Waals surface area (Å²) in [6.45, 7) is 3.10. The number of carbonyl (C=O) groups excluding carboxylic acids is 2. The van der Waals surface area contributed by atoms with Crippen molar-refractivity contribution in [3.05, 3.63) is 23.5 Å². The third-order valence-electron chi connectivity index (χ3n) is 4.04. The SMILES string of the molecule is O=C1CC=Nc2c1ccnc2CNCCCN1CCCC1=O. The third kappa shape index (κ3) is 3.22. The van der Waals surface area contributed by atoms with Crippen LogP contribution in [0, 0.1) is 0 Å². The van der Waals surface area contributed by atoms with Crippen molar-refractivity contribution in [1.29, 1.82) is 0 Å². The van der Waals surface area contributed by atoms with Gasteiger partial charge in [0.25, 0.3) is 0 Å². The second-order valence-corrected chi connectivity index (χ2v) is 5.61. The van der Waals surface area contributed by atoms with Crippen molar-refractivity contribution in [3.63, 3.8) is 0 Å². The first-order valence-corrected chi connectivity index (χ1v) is 7.78. The number of carbonyl (C=O) groups is 2. The molecule has 2 aliphatic heterocycles. The molecule has 3 heterocycles. The van der Waals surface area contributed by atoms with E-state index in [2.05, 4.69) is 15.3 Å². The maximum atomic E-state index is 11.8. The van der Waals surface area contributed by atoms with Crippen LogP contribution in [0.5, 0.6) is 0 Å². The molecule has 22 heavy (non-hydrogen) atoms. The molecular weight excluding hydrogens is 280 g/mol. The minimum atomic E-state index is 0.0983. The number of nitrogens with one attached hydrogen (secondary N) is 1. The van der Waals surface area contributed by atoms with Gasteiger partial charge in [0.05, 0.1) is 11.4 Å². The third-order valence-corrected chi connectivity index (χ3v) is 4.04. The maximum absolute atomic E-state index is 11.8. The summed E-state index contributed by atoms with van der Waals surface area (Å²) < 4.78 is 0. The zero-order chi connectivity index (χ0) is 15.4. The molecule has 2 aliphatic rings. The van der Waals surface area contributed by atoms with Gasteiger partial charge in [-0.05, 0) is 25.5 Å². The summed E-state index contributed by atoms with van der Waals surface area (Å²) >= 11 is 0. The Labute approximate surface area is 129 Å². The van der Waals surface area contributed by atoms with E-state index in [1.165, 1.54) is 0 Å². The second-order valence-electron chi connectivity index (χ2n) is 5.61. The van der Waals surface area contributed by atoms with Crippen LogP contribution in [0.25, 0.3) is 0 Å². The van der Waals surface area contributed by atoms with Crippen LogP contribution in [0.15, 0.2) is 17.3 Å². The predicted octanol–water partition coefficient (Wildman–Crippen LogP) is 1.47. The molecule has 1 amide bonds. The lowest BCUT2D eigenvalue weighted by Gasteiger charge is -2.16. The van der Waals surface area contributed by atoms with Gasteiger partial charge < -0.3 is 10.2 Å². The summed E-state index contributed by atoms with van der Waals surface area (Å²) in [5.74, 6) is 0.368. The van der Waals surface area contributed by atoms with Gasteiger partial charge in [-0.1, -0.05) is 0 Å². The molecule has 0 bridgehead atoms. The minimum absolute atomic E-state index is 0.0983. The number of amides is 1. The molecule has 3 rings (SSSR count). The van der Waals surface area contributed by atoms with Crippen molar-refractivity contribution >= 4 is 23.6 Å². The largest absolute Gasteiger partial charge is 0.343 e. The summed E-state index contributed by atoms with van der Waals surface area (Å²) in [5.41, 5.74) is 2.16. The van der Waals surface area contributed by atoms with E-state index in [1.807, 2.05) is 4.90 Å². The Morgan fingerprint density at radius 1 is 1.32 bits per heavy atom. The number of Topliss-reactive ketones (excluding diaryl/α,β-unsaturated/α-hetero) is 1. The lowest BCUT2D eigenvalue weighted by atomic mass is 10.0. The molecule has 0 saturated carbocycles. The van der Waals surface area contributed by atoms with Crippen molar-refractivity contribution in [2.45, 2.75) is 32.2 Å². The van der Waals surface area contributed by atoms with Crippen molar-refractivity contribution in [2.24, 2.45) is 4.99 Å². The van der Waals surface area contributed by atoms with E-state index in [0.29, 0.717) is 30.6 Å². The molecule has 1 N–H and O–H groups in total. The zero-order valence-corrected chi connectivity index (χ0v) is 12.5. The van der Waals surface area contributed by atoms with Crippen molar-refractivity contribution in [3.8, 4) is 0 Å². The smallest absolute Gasteiger partial charge is 0.222 e. The highest BCUT2D eigenvalue weighted by molar-refractivity contribution is 6.10. The second kappa shape index (κ2) is 6.79. The van der Waals surface area contributed by atoms with Crippen LogP contribution in [0.4, 0.5) is 5.69 Å². The van der Waals surface area contributed by atoms with E-state index >= 15 is 0 Å². The Morgan fingerprint density at radius 3 is 3.05 bits per heavy atom. The molecule has 0 radical (unpaired) electrons. The van der Waals surface area contributed by atoms with E-state index in [1.54, 1.807) is 18.5 Å². The van der Waals surface area contributed by atoms with Crippen LogP contribution in [0.1, 0.15) is 41.7 Å².